The van der Waals surface area contributed by atoms with Crippen molar-refractivity contribution in [3.8, 4) is 0 Å². The molecular formula is C14H25N3O5S. The lowest BCUT2D eigenvalue weighted by Gasteiger charge is -2.30. The quantitative estimate of drug-likeness (QED) is 0.625. The highest BCUT2D eigenvalue weighted by atomic mass is 32.2. The normalized spacial score (nSPS) is 23.6. The Hall–Kier alpha value is -1.19. The van der Waals surface area contributed by atoms with E-state index in [4.69, 9.17) is 4.74 Å². The van der Waals surface area contributed by atoms with Crippen LogP contribution < -0.4 is 10.6 Å². The SMILES string of the molecule is CS(=O)(=O)N1CCC(CNC(=O)C(=O)NCC2CCCO2)CC1. The van der Waals surface area contributed by atoms with E-state index < -0.39 is 21.8 Å². The van der Waals surface area contributed by atoms with E-state index in [1.165, 1.54) is 10.6 Å². The maximum Gasteiger partial charge on any atom is 0.309 e. The maximum atomic E-state index is 11.7. The van der Waals surface area contributed by atoms with E-state index >= 15 is 0 Å². The van der Waals surface area contributed by atoms with E-state index in [1.807, 2.05) is 0 Å². The second-order valence-electron chi connectivity index (χ2n) is 6.16. The predicted molar refractivity (Wildman–Crippen MR) is 84.1 cm³/mol. The van der Waals surface area contributed by atoms with Crippen molar-refractivity contribution in [3.05, 3.63) is 0 Å². The number of carbonyl (C=O) groups is 2. The van der Waals surface area contributed by atoms with Crippen molar-refractivity contribution in [2.45, 2.75) is 31.8 Å². The minimum atomic E-state index is -3.14. The fourth-order valence-electron chi connectivity index (χ4n) is 2.85. The van der Waals surface area contributed by atoms with Crippen LogP contribution in [0.2, 0.25) is 0 Å². The highest BCUT2D eigenvalue weighted by Gasteiger charge is 2.26. The Morgan fingerprint density at radius 2 is 1.70 bits per heavy atom. The Bertz CT molecular complexity index is 523. The number of ether oxygens (including phenoxy) is 1. The van der Waals surface area contributed by atoms with Crippen LogP contribution >= 0.6 is 0 Å². The molecule has 132 valence electrons. The molecule has 2 fully saturated rings. The minimum Gasteiger partial charge on any atom is -0.376 e. The summed E-state index contributed by atoms with van der Waals surface area (Å²) in [5.41, 5.74) is 0. The smallest absolute Gasteiger partial charge is 0.309 e. The third kappa shape index (κ3) is 5.74. The van der Waals surface area contributed by atoms with Crippen LogP contribution in [-0.2, 0) is 24.3 Å². The van der Waals surface area contributed by atoms with Gasteiger partial charge in [-0.3, -0.25) is 9.59 Å². The summed E-state index contributed by atoms with van der Waals surface area (Å²) in [6, 6.07) is 0. The molecule has 8 nitrogen and oxygen atoms in total. The molecule has 2 amide bonds. The molecule has 0 aromatic rings. The van der Waals surface area contributed by atoms with Gasteiger partial charge in [-0.2, -0.15) is 0 Å². The van der Waals surface area contributed by atoms with Crippen LogP contribution in [0.25, 0.3) is 0 Å². The largest absolute Gasteiger partial charge is 0.376 e. The monoisotopic (exact) mass is 347 g/mol. The van der Waals surface area contributed by atoms with E-state index in [9.17, 15) is 18.0 Å². The number of nitrogens with zero attached hydrogens (tertiary/aromatic N) is 1. The number of hydrogen-bond donors (Lipinski definition) is 2. The number of rotatable bonds is 5. The molecule has 1 unspecified atom stereocenters. The molecule has 0 spiro atoms. The van der Waals surface area contributed by atoms with E-state index in [0.29, 0.717) is 45.6 Å². The lowest BCUT2D eigenvalue weighted by Crippen LogP contribution is -2.45. The van der Waals surface area contributed by atoms with Crippen LogP contribution in [-0.4, -0.2) is 69.7 Å². The highest BCUT2D eigenvalue weighted by molar-refractivity contribution is 7.88. The standard InChI is InChI=1S/C14H25N3O5S/c1-23(20,21)17-6-4-11(5-7-17)9-15-13(18)14(19)16-10-12-3-2-8-22-12/h11-12H,2-10H2,1H3,(H,15,18)(H,16,19). The molecule has 1 atom stereocenters. The number of piperidine rings is 1. The summed E-state index contributed by atoms with van der Waals surface area (Å²) in [6.45, 7) is 2.39. The van der Waals surface area contributed by atoms with Crippen LogP contribution in [0.15, 0.2) is 0 Å². The molecule has 0 radical (unpaired) electrons. The van der Waals surface area contributed by atoms with Gasteiger partial charge in [0.2, 0.25) is 10.0 Å². The fraction of sp³-hybridized carbons (Fsp3) is 0.857. The van der Waals surface area contributed by atoms with Crippen LogP contribution in [0, 0.1) is 5.92 Å². The maximum absolute atomic E-state index is 11.7. The Labute approximate surface area is 137 Å². The van der Waals surface area contributed by atoms with Gasteiger partial charge in [-0.15, -0.1) is 0 Å². The Morgan fingerprint density at radius 1 is 1.09 bits per heavy atom. The second kappa shape index (κ2) is 8.07. The van der Waals surface area contributed by atoms with Crippen molar-refractivity contribution in [1.29, 1.82) is 0 Å². The third-order valence-electron chi connectivity index (χ3n) is 4.31. The van der Waals surface area contributed by atoms with Crippen LogP contribution in [0.1, 0.15) is 25.7 Å². The number of amides is 2. The molecule has 0 bridgehead atoms. The Balaban J connectivity index is 1.63. The van der Waals surface area contributed by atoms with Gasteiger partial charge < -0.3 is 15.4 Å². The van der Waals surface area contributed by atoms with Gasteiger partial charge in [-0.25, -0.2) is 12.7 Å². The average molecular weight is 347 g/mol. The predicted octanol–water partition coefficient (Wildman–Crippen LogP) is -0.931. The molecule has 0 aliphatic carbocycles. The first-order valence-corrected chi connectivity index (χ1v) is 9.84. The minimum absolute atomic E-state index is 0.00655. The van der Waals surface area contributed by atoms with Crippen LogP contribution in [0.3, 0.4) is 0 Å². The number of nitrogens with one attached hydrogen (secondary N) is 2. The van der Waals surface area contributed by atoms with Gasteiger partial charge in [-0.1, -0.05) is 0 Å². The molecule has 2 N–H and O–H groups in total. The van der Waals surface area contributed by atoms with Crippen molar-refractivity contribution in [1.82, 2.24) is 14.9 Å². The molecule has 2 saturated heterocycles. The van der Waals surface area contributed by atoms with E-state index in [2.05, 4.69) is 10.6 Å². The molecule has 0 aromatic heterocycles. The van der Waals surface area contributed by atoms with E-state index in [0.717, 1.165) is 12.8 Å². The molecule has 2 aliphatic heterocycles. The second-order valence-corrected chi connectivity index (χ2v) is 8.14. The summed E-state index contributed by atoms with van der Waals surface area (Å²) in [5, 5.41) is 5.20. The zero-order chi connectivity index (χ0) is 16.9. The summed E-state index contributed by atoms with van der Waals surface area (Å²) in [4.78, 5) is 23.4. The summed E-state index contributed by atoms with van der Waals surface area (Å²) in [6.07, 6.45) is 4.47. The first-order chi connectivity index (χ1) is 10.9. The van der Waals surface area contributed by atoms with Crippen molar-refractivity contribution in [2.75, 3.05) is 39.0 Å². The van der Waals surface area contributed by atoms with Gasteiger partial charge in [-0.05, 0) is 31.6 Å². The summed E-state index contributed by atoms with van der Waals surface area (Å²) < 4.78 is 29.7. The average Bonchev–Trinajstić information content (AvgIpc) is 3.03. The van der Waals surface area contributed by atoms with Crippen molar-refractivity contribution < 1.29 is 22.7 Å². The lowest BCUT2D eigenvalue weighted by atomic mass is 9.98. The summed E-state index contributed by atoms with van der Waals surface area (Å²) in [7, 11) is -3.14. The van der Waals surface area contributed by atoms with Crippen LogP contribution in [0.5, 0.6) is 0 Å². The molecule has 2 aliphatic rings. The molecule has 2 heterocycles. The van der Waals surface area contributed by atoms with Gasteiger partial charge in [0.05, 0.1) is 12.4 Å². The molecule has 9 heteroatoms. The Kier molecular flexibility index (Phi) is 6.37. The Morgan fingerprint density at radius 3 is 2.22 bits per heavy atom. The zero-order valence-corrected chi connectivity index (χ0v) is 14.2. The van der Waals surface area contributed by atoms with E-state index in [-0.39, 0.29) is 12.0 Å². The number of hydrogen-bond acceptors (Lipinski definition) is 5. The van der Waals surface area contributed by atoms with Crippen molar-refractivity contribution in [3.63, 3.8) is 0 Å². The molecule has 2 rings (SSSR count). The number of carbonyl (C=O) groups excluding carboxylic acids is 2. The molecule has 0 aromatic carbocycles. The molecular weight excluding hydrogens is 322 g/mol. The van der Waals surface area contributed by atoms with Gasteiger partial charge in [0.1, 0.15) is 0 Å². The van der Waals surface area contributed by atoms with Crippen LogP contribution in [0.4, 0.5) is 0 Å². The first-order valence-electron chi connectivity index (χ1n) is 7.99. The summed E-state index contributed by atoms with van der Waals surface area (Å²) in [5.74, 6) is -1.09. The summed E-state index contributed by atoms with van der Waals surface area (Å²) >= 11 is 0. The third-order valence-corrected chi connectivity index (χ3v) is 5.62. The van der Waals surface area contributed by atoms with Crippen molar-refractivity contribution >= 4 is 21.8 Å². The van der Waals surface area contributed by atoms with Gasteiger partial charge in [0.25, 0.3) is 0 Å². The highest BCUT2D eigenvalue weighted by Crippen LogP contribution is 2.18. The van der Waals surface area contributed by atoms with Gasteiger partial charge in [0, 0.05) is 32.8 Å². The molecule has 23 heavy (non-hydrogen) atoms. The topological polar surface area (TPSA) is 105 Å². The first kappa shape index (κ1) is 18.2. The van der Waals surface area contributed by atoms with Gasteiger partial charge >= 0.3 is 11.8 Å². The lowest BCUT2D eigenvalue weighted by molar-refractivity contribution is -0.139. The molecule has 0 saturated carbocycles. The zero-order valence-electron chi connectivity index (χ0n) is 13.4. The van der Waals surface area contributed by atoms with E-state index in [1.54, 1.807) is 0 Å². The fourth-order valence-corrected chi connectivity index (χ4v) is 3.73. The number of sulfonamides is 1. The van der Waals surface area contributed by atoms with Gasteiger partial charge in [0.15, 0.2) is 0 Å². The van der Waals surface area contributed by atoms with Crippen molar-refractivity contribution in [2.24, 2.45) is 5.92 Å².